The molecule has 0 unspecified atom stereocenters. The highest BCUT2D eigenvalue weighted by atomic mass is 16.5. The van der Waals surface area contributed by atoms with Gasteiger partial charge in [0.2, 0.25) is 0 Å². The van der Waals surface area contributed by atoms with Gasteiger partial charge in [-0.2, -0.15) is 0 Å². The van der Waals surface area contributed by atoms with Gasteiger partial charge in [0, 0.05) is 12.0 Å². The van der Waals surface area contributed by atoms with Crippen LogP contribution in [0.1, 0.15) is 32.6 Å². The van der Waals surface area contributed by atoms with Crippen molar-refractivity contribution in [3.8, 4) is 0 Å². The van der Waals surface area contributed by atoms with Crippen molar-refractivity contribution < 1.29 is 14.3 Å². The minimum Gasteiger partial charge on any atom is -0.463 e. The van der Waals surface area contributed by atoms with Gasteiger partial charge in [-0.1, -0.05) is 18.9 Å². The zero-order valence-corrected chi connectivity index (χ0v) is 9.15. The van der Waals surface area contributed by atoms with Crippen LogP contribution in [-0.4, -0.2) is 18.9 Å². The fourth-order valence-corrected chi connectivity index (χ4v) is 1.99. The highest BCUT2D eigenvalue weighted by molar-refractivity contribution is 5.82. The van der Waals surface area contributed by atoms with Crippen molar-refractivity contribution in [3.05, 3.63) is 12.2 Å². The van der Waals surface area contributed by atoms with Gasteiger partial charge >= 0.3 is 5.97 Å². The zero-order valence-electron chi connectivity index (χ0n) is 9.15. The molecular weight excluding hydrogens is 192 g/mol. The number of allylic oxidation sites excluding steroid dienone is 1. The van der Waals surface area contributed by atoms with Crippen molar-refractivity contribution in [3.63, 3.8) is 0 Å². The maximum absolute atomic E-state index is 11.1. The summed E-state index contributed by atoms with van der Waals surface area (Å²) in [6, 6.07) is 0. The summed E-state index contributed by atoms with van der Waals surface area (Å²) in [5, 5.41) is 0. The molecule has 0 saturated heterocycles. The Bertz CT molecular complexity index is 245. The van der Waals surface area contributed by atoms with Crippen LogP contribution < -0.4 is 0 Å². The smallest absolute Gasteiger partial charge is 0.330 e. The Morgan fingerprint density at radius 3 is 2.60 bits per heavy atom. The Morgan fingerprint density at radius 2 is 2.00 bits per heavy atom. The van der Waals surface area contributed by atoms with Crippen molar-refractivity contribution in [1.82, 2.24) is 0 Å². The number of rotatable bonds is 4. The summed E-state index contributed by atoms with van der Waals surface area (Å²) in [6.07, 6.45) is 8.50. The van der Waals surface area contributed by atoms with Gasteiger partial charge in [-0.15, -0.1) is 0 Å². The van der Waals surface area contributed by atoms with Gasteiger partial charge in [0.25, 0.3) is 0 Å². The Hall–Kier alpha value is -1.12. The molecule has 3 nitrogen and oxygen atoms in total. The number of carbonyl (C=O) groups excluding carboxylic acids is 2. The molecule has 0 amide bonds. The van der Waals surface area contributed by atoms with E-state index in [9.17, 15) is 9.59 Å². The summed E-state index contributed by atoms with van der Waals surface area (Å²) in [4.78, 5) is 21.9. The van der Waals surface area contributed by atoms with Crippen molar-refractivity contribution in [2.45, 2.75) is 32.6 Å². The van der Waals surface area contributed by atoms with Crippen molar-refractivity contribution in [2.24, 2.45) is 11.8 Å². The summed E-state index contributed by atoms with van der Waals surface area (Å²) in [6.45, 7) is 2.17. The Balaban J connectivity index is 2.47. The van der Waals surface area contributed by atoms with Crippen LogP contribution in [0.3, 0.4) is 0 Å². The highest BCUT2D eigenvalue weighted by Gasteiger charge is 2.22. The number of esters is 1. The molecule has 0 spiro atoms. The minimum atomic E-state index is -0.312. The van der Waals surface area contributed by atoms with E-state index in [-0.39, 0.29) is 17.8 Å². The van der Waals surface area contributed by atoms with Crippen LogP contribution in [0.15, 0.2) is 12.2 Å². The number of aldehydes is 1. The van der Waals surface area contributed by atoms with Crippen molar-refractivity contribution in [1.29, 1.82) is 0 Å². The topological polar surface area (TPSA) is 43.4 Å². The Morgan fingerprint density at radius 1 is 1.33 bits per heavy atom. The normalized spacial score (nSPS) is 26.5. The van der Waals surface area contributed by atoms with Gasteiger partial charge in [0.1, 0.15) is 6.29 Å². The first-order chi connectivity index (χ1) is 7.27. The third-order valence-electron chi connectivity index (χ3n) is 2.82. The molecular formula is C12H18O3. The van der Waals surface area contributed by atoms with Crippen LogP contribution in [0.4, 0.5) is 0 Å². The summed E-state index contributed by atoms with van der Waals surface area (Å²) in [5.74, 6) is -0.00203. The predicted molar refractivity (Wildman–Crippen MR) is 57.3 cm³/mol. The fourth-order valence-electron chi connectivity index (χ4n) is 1.99. The molecule has 0 aromatic rings. The minimum absolute atomic E-state index is 0.0874. The van der Waals surface area contributed by atoms with Crippen molar-refractivity contribution >= 4 is 12.3 Å². The average Bonchev–Trinajstić information content (AvgIpc) is 2.27. The second-order valence-electron chi connectivity index (χ2n) is 3.86. The molecule has 1 fully saturated rings. The molecule has 84 valence electrons. The molecule has 0 aromatic carbocycles. The number of hydrogen-bond donors (Lipinski definition) is 0. The van der Waals surface area contributed by atoms with Gasteiger partial charge in [0.15, 0.2) is 0 Å². The van der Waals surface area contributed by atoms with E-state index in [1.54, 1.807) is 6.92 Å². The summed E-state index contributed by atoms with van der Waals surface area (Å²) in [7, 11) is 0. The fraction of sp³-hybridized carbons (Fsp3) is 0.667. The van der Waals surface area contributed by atoms with Gasteiger partial charge < -0.3 is 9.53 Å². The summed E-state index contributed by atoms with van der Waals surface area (Å²) < 4.78 is 4.79. The molecule has 0 aromatic heterocycles. The van der Waals surface area contributed by atoms with Crippen LogP contribution >= 0.6 is 0 Å². The van der Waals surface area contributed by atoms with Crippen LogP contribution in [0.5, 0.6) is 0 Å². The highest BCUT2D eigenvalue weighted by Crippen LogP contribution is 2.29. The van der Waals surface area contributed by atoms with Gasteiger partial charge in [-0.3, -0.25) is 0 Å². The molecule has 0 N–H and O–H groups in total. The van der Waals surface area contributed by atoms with Gasteiger partial charge in [0.05, 0.1) is 6.61 Å². The number of ether oxygens (including phenoxy) is 1. The first kappa shape index (κ1) is 12.0. The molecule has 0 aliphatic heterocycles. The van der Waals surface area contributed by atoms with Gasteiger partial charge in [-0.25, -0.2) is 4.79 Å². The lowest BCUT2D eigenvalue weighted by atomic mass is 9.80. The second-order valence-corrected chi connectivity index (χ2v) is 3.86. The van der Waals surface area contributed by atoms with E-state index in [4.69, 9.17) is 4.74 Å². The molecule has 1 aliphatic carbocycles. The van der Waals surface area contributed by atoms with E-state index in [0.29, 0.717) is 6.61 Å². The van der Waals surface area contributed by atoms with E-state index in [1.165, 1.54) is 6.08 Å². The Labute approximate surface area is 90.5 Å². The zero-order chi connectivity index (χ0) is 11.1. The Kier molecular flexibility index (Phi) is 5.08. The van der Waals surface area contributed by atoms with E-state index in [2.05, 4.69) is 0 Å². The van der Waals surface area contributed by atoms with Crippen LogP contribution in [0, 0.1) is 11.8 Å². The maximum Gasteiger partial charge on any atom is 0.330 e. The van der Waals surface area contributed by atoms with E-state index in [0.717, 1.165) is 32.0 Å². The lowest BCUT2D eigenvalue weighted by Gasteiger charge is -2.24. The second kappa shape index (κ2) is 6.38. The summed E-state index contributed by atoms with van der Waals surface area (Å²) >= 11 is 0. The molecule has 1 saturated carbocycles. The van der Waals surface area contributed by atoms with Crippen LogP contribution in [0.2, 0.25) is 0 Å². The summed E-state index contributed by atoms with van der Waals surface area (Å²) in [5.41, 5.74) is 0. The third-order valence-corrected chi connectivity index (χ3v) is 2.82. The average molecular weight is 210 g/mol. The SMILES string of the molecule is CCOC(=O)/C=C/[C@@H]1CCCC[C@H]1C=O. The number of hydrogen-bond acceptors (Lipinski definition) is 3. The van der Waals surface area contributed by atoms with E-state index < -0.39 is 0 Å². The van der Waals surface area contributed by atoms with Crippen LogP contribution in [-0.2, 0) is 14.3 Å². The number of carbonyl (C=O) groups is 2. The lowest BCUT2D eigenvalue weighted by Crippen LogP contribution is -2.19. The molecule has 1 aliphatic rings. The third kappa shape index (κ3) is 3.86. The molecule has 15 heavy (non-hydrogen) atoms. The molecule has 0 radical (unpaired) electrons. The van der Waals surface area contributed by atoms with Crippen LogP contribution in [0.25, 0.3) is 0 Å². The molecule has 2 atom stereocenters. The monoisotopic (exact) mass is 210 g/mol. The molecule has 3 heteroatoms. The van der Waals surface area contributed by atoms with Crippen molar-refractivity contribution in [2.75, 3.05) is 6.61 Å². The molecule has 0 heterocycles. The maximum atomic E-state index is 11.1. The quantitative estimate of drug-likeness (QED) is 0.405. The van der Waals surface area contributed by atoms with Gasteiger partial charge in [-0.05, 0) is 25.7 Å². The predicted octanol–water partition coefficient (Wildman–Crippen LogP) is 2.11. The first-order valence-electron chi connectivity index (χ1n) is 5.58. The standard InChI is InChI=1S/C12H18O3/c1-2-15-12(14)8-7-10-5-3-4-6-11(10)9-13/h7-11H,2-6H2,1H3/b8-7+/t10-,11-/m0/s1. The van der Waals surface area contributed by atoms with E-state index in [1.807, 2.05) is 6.08 Å². The molecule has 0 bridgehead atoms. The lowest BCUT2D eigenvalue weighted by molar-refractivity contribution is -0.137. The van der Waals surface area contributed by atoms with E-state index >= 15 is 0 Å². The first-order valence-corrected chi connectivity index (χ1v) is 5.58. The molecule has 1 rings (SSSR count). The largest absolute Gasteiger partial charge is 0.463 e.